The molecule has 0 fully saturated rings. The van der Waals surface area contributed by atoms with Gasteiger partial charge in [-0.1, -0.05) is 30.3 Å². The molecule has 0 aliphatic rings. The highest BCUT2D eigenvalue weighted by atomic mass is 16.4. The largest absolute Gasteiger partial charge is 0.477 e. The first kappa shape index (κ1) is 14.1. The number of rotatable bonds is 4. The van der Waals surface area contributed by atoms with Gasteiger partial charge in [0.15, 0.2) is 0 Å². The van der Waals surface area contributed by atoms with Crippen molar-refractivity contribution in [3.63, 3.8) is 0 Å². The molecule has 0 unspecified atom stereocenters. The average Bonchev–Trinajstić information content (AvgIpc) is 2.38. The van der Waals surface area contributed by atoms with Crippen LogP contribution < -0.4 is 5.56 Å². The Balaban J connectivity index is 2.35. The van der Waals surface area contributed by atoms with E-state index in [-0.39, 0.29) is 5.56 Å². The predicted molar refractivity (Wildman–Crippen MR) is 77.3 cm³/mol. The van der Waals surface area contributed by atoms with Gasteiger partial charge in [0.1, 0.15) is 5.56 Å². The molecule has 0 saturated heterocycles. The number of pyridine rings is 1. The number of benzene rings is 1. The number of carboxylic acid groups (broad SMARTS) is 1. The molecule has 4 heteroatoms. The van der Waals surface area contributed by atoms with Crippen LogP contribution in [0.3, 0.4) is 0 Å². The van der Waals surface area contributed by atoms with Crippen LogP contribution in [-0.2, 0) is 13.0 Å². The molecule has 0 aliphatic carbocycles. The van der Waals surface area contributed by atoms with E-state index in [1.807, 2.05) is 37.3 Å². The predicted octanol–water partition coefficient (Wildman–Crippen LogP) is 2.41. The molecule has 2 rings (SSSR count). The van der Waals surface area contributed by atoms with E-state index in [9.17, 15) is 9.59 Å². The zero-order chi connectivity index (χ0) is 14.7. The molecule has 0 spiro atoms. The van der Waals surface area contributed by atoms with Crippen LogP contribution in [0.25, 0.3) is 0 Å². The van der Waals surface area contributed by atoms with E-state index in [0.29, 0.717) is 18.5 Å². The molecule has 1 aromatic heterocycles. The Morgan fingerprint density at radius 1 is 1.20 bits per heavy atom. The maximum absolute atomic E-state index is 12.3. The zero-order valence-corrected chi connectivity index (χ0v) is 11.6. The Labute approximate surface area is 117 Å². The quantitative estimate of drug-likeness (QED) is 0.929. The highest BCUT2D eigenvalue weighted by Crippen LogP contribution is 2.08. The van der Waals surface area contributed by atoms with Crippen molar-refractivity contribution in [1.82, 2.24) is 4.57 Å². The minimum Gasteiger partial charge on any atom is -0.477 e. The summed E-state index contributed by atoms with van der Waals surface area (Å²) < 4.78 is 1.53. The third kappa shape index (κ3) is 2.79. The second kappa shape index (κ2) is 5.74. The molecule has 4 nitrogen and oxygen atoms in total. The molecular weight excluding hydrogens is 254 g/mol. The van der Waals surface area contributed by atoms with Crippen molar-refractivity contribution in [2.45, 2.75) is 26.8 Å². The summed E-state index contributed by atoms with van der Waals surface area (Å²) in [6, 6.07) is 11.6. The first-order valence-electron chi connectivity index (χ1n) is 6.49. The molecule has 1 aromatic carbocycles. The molecule has 20 heavy (non-hydrogen) atoms. The Hall–Kier alpha value is -2.36. The standard InChI is InChI=1S/C16H17NO3/c1-11-10-12(2)17(15(18)14(11)16(19)20)9-8-13-6-4-3-5-7-13/h3-7,10H,8-9H2,1-2H3,(H,19,20). The first-order chi connectivity index (χ1) is 9.50. The molecule has 0 saturated carbocycles. The fourth-order valence-corrected chi connectivity index (χ4v) is 2.35. The Morgan fingerprint density at radius 3 is 2.45 bits per heavy atom. The minimum absolute atomic E-state index is 0.135. The average molecular weight is 271 g/mol. The van der Waals surface area contributed by atoms with Crippen LogP contribution >= 0.6 is 0 Å². The summed E-state index contributed by atoms with van der Waals surface area (Å²) in [6.07, 6.45) is 0.698. The summed E-state index contributed by atoms with van der Waals surface area (Å²) in [6.45, 7) is 3.96. The Morgan fingerprint density at radius 2 is 1.85 bits per heavy atom. The summed E-state index contributed by atoms with van der Waals surface area (Å²) in [5.41, 5.74) is 1.86. The van der Waals surface area contributed by atoms with Crippen molar-refractivity contribution in [2.24, 2.45) is 0 Å². The zero-order valence-electron chi connectivity index (χ0n) is 11.6. The summed E-state index contributed by atoms with van der Waals surface area (Å²) in [7, 11) is 0. The lowest BCUT2D eigenvalue weighted by molar-refractivity contribution is 0.0693. The van der Waals surface area contributed by atoms with Crippen molar-refractivity contribution in [3.05, 3.63) is 69.1 Å². The highest BCUT2D eigenvalue weighted by molar-refractivity contribution is 5.88. The molecule has 1 N–H and O–H groups in total. The lowest BCUT2D eigenvalue weighted by Crippen LogP contribution is -2.29. The molecule has 0 bridgehead atoms. The maximum atomic E-state index is 12.3. The molecule has 104 valence electrons. The van der Waals surface area contributed by atoms with Crippen molar-refractivity contribution < 1.29 is 9.90 Å². The molecule has 0 atom stereocenters. The lowest BCUT2D eigenvalue weighted by atomic mass is 10.1. The third-order valence-corrected chi connectivity index (χ3v) is 3.39. The smallest absolute Gasteiger partial charge is 0.341 e. The number of carboxylic acids is 1. The maximum Gasteiger partial charge on any atom is 0.341 e. The topological polar surface area (TPSA) is 59.3 Å². The molecule has 0 radical (unpaired) electrons. The second-order valence-electron chi connectivity index (χ2n) is 4.84. The fourth-order valence-electron chi connectivity index (χ4n) is 2.35. The van der Waals surface area contributed by atoms with Crippen LogP contribution in [0.2, 0.25) is 0 Å². The molecule has 2 aromatic rings. The summed E-state index contributed by atoms with van der Waals surface area (Å²) in [4.78, 5) is 23.4. The monoisotopic (exact) mass is 271 g/mol. The van der Waals surface area contributed by atoms with E-state index in [4.69, 9.17) is 5.11 Å². The number of aryl methyl sites for hydroxylation is 3. The van der Waals surface area contributed by atoms with Gasteiger partial charge in [0.05, 0.1) is 0 Å². The van der Waals surface area contributed by atoms with Crippen LogP contribution in [0.4, 0.5) is 0 Å². The molecule has 0 amide bonds. The first-order valence-corrected chi connectivity index (χ1v) is 6.49. The number of aromatic carboxylic acids is 1. The third-order valence-electron chi connectivity index (χ3n) is 3.39. The van der Waals surface area contributed by atoms with Gasteiger partial charge in [-0.05, 0) is 37.5 Å². The van der Waals surface area contributed by atoms with Gasteiger partial charge < -0.3 is 9.67 Å². The molecule has 0 aliphatic heterocycles. The fraction of sp³-hybridized carbons (Fsp3) is 0.250. The summed E-state index contributed by atoms with van der Waals surface area (Å²) in [5, 5.41) is 9.13. The minimum atomic E-state index is -1.17. The SMILES string of the molecule is Cc1cc(C)n(CCc2ccccc2)c(=O)c1C(=O)O. The van der Waals surface area contributed by atoms with E-state index in [1.54, 1.807) is 13.0 Å². The van der Waals surface area contributed by atoms with Crippen molar-refractivity contribution >= 4 is 5.97 Å². The van der Waals surface area contributed by atoms with Crippen LogP contribution in [0.1, 0.15) is 27.2 Å². The van der Waals surface area contributed by atoms with Gasteiger partial charge in [0, 0.05) is 12.2 Å². The van der Waals surface area contributed by atoms with Gasteiger partial charge in [-0.3, -0.25) is 4.79 Å². The van der Waals surface area contributed by atoms with Gasteiger partial charge in [-0.25, -0.2) is 4.79 Å². The number of hydrogen-bond acceptors (Lipinski definition) is 2. The van der Waals surface area contributed by atoms with E-state index in [0.717, 1.165) is 11.3 Å². The number of nitrogens with zero attached hydrogens (tertiary/aromatic N) is 1. The normalized spacial score (nSPS) is 10.5. The lowest BCUT2D eigenvalue weighted by Gasteiger charge is -2.12. The summed E-state index contributed by atoms with van der Waals surface area (Å²) >= 11 is 0. The van der Waals surface area contributed by atoms with E-state index in [2.05, 4.69) is 0 Å². The van der Waals surface area contributed by atoms with Crippen molar-refractivity contribution in [2.75, 3.05) is 0 Å². The van der Waals surface area contributed by atoms with E-state index >= 15 is 0 Å². The van der Waals surface area contributed by atoms with E-state index in [1.165, 1.54) is 4.57 Å². The van der Waals surface area contributed by atoms with Crippen LogP contribution in [0.15, 0.2) is 41.2 Å². The Bertz CT molecular complexity index is 687. The Kier molecular flexibility index (Phi) is 4.03. The number of hydrogen-bond donors (Lipinski definition) is 1. The molecule has 1 heterocycles. The van der Waals surface area contributed by atoms with Gasteiger partial charge in [-0.2, -0.15) is 0 Å². The van der Waals surface area contributed by atoms with Crippen molar-refractivity contribution in [1.29, 1.82) is 0 Å². The van der Waals surface area contributed by atoms with Crippen LogP contribution in [-0.4, -0.2) is 15.6 Å². The number of carbonyl (C=O) groups is 1. The van der Waals surface area contributed by atoms with Gasteiger partial charge in [0.2, 0.25) is 0 Å². The molecular formula is C16H17NO3. The number of aromatic nitrogens is 1. The summed E-state index contributed by atoms with van der Waals surface area (Å²) in [5.74, 6) is -1.17. The van der Waals surface area contributed by atoms with E-state index < -0.39 is 11.5 Å². The van der Waals surface area contributed by atoms with Gasteiger partial charge in [-0.15, -0.1) is 0 Å². The van der Waals surface area contributed by atoms with Crippen LogP contribution in [0, 0.1) is 13.8 Å². The van der Waals surface area contributed by atoms with Crippen molar-refractivity contribution in [3.8, 4) is 0 Å². The van der Waals surface area contributed by atoms with Crippen LogP contribution in [0.5, 0.6) is 0 Å². The highest BCUT2D eigenvalue weighted by Gasteiger charge is 2.16. The second-order valence-corrected chi connectivity index (χ2v) is 4.84. The van der Waals surface area contributed by atoms with Gasteiger partial charge in [0.25, 0.3) is 5.56 Å². The van der Waals surface area contributed by atoms with Gasteiger partial charge >= 0.3 is 5.97 Å².